The lowest BCUT2D eigenvalue weighted by molar-refractivity contribution is -0.236. The van der Waals surface area contributed by atoms with Crippen molar-refractivity contribution < 1.29 is 33.4 Å². The Kier molecular flexibility index (Phi) is 11.0. The van der Waals surface area contributed by atoms with Gasteiger partial charge in [-0.15, -0.1) is 0 Å². The number of allylic oxidation sites excluding steroid dienone is 2. The minimum atomic E-state index is -0.831. The highest BCUT2D eigenvalue weighted by Crippen LogP contribution is 2.77. The predicted molar refractivity (Wildman–Crippen MR) is 228 cm³/mol. The number of nitrogens with one attached hydrogen (secondary N) is 2. The van der Waals surface area contributed by atoms with Crippen molar-refractivity contribution in [1.82, 2.24) is 10.6 Å². The van der Waals surface area contributed by atoms with Crippen LogP contribution < -0.4 is 10.6 Å². The van der Waals surface area contributed by atoms with E-state index in [-0.39, 0.29) is 62.7 Å². The van der Waals surface area contributed by atoms with Gasteiger partial charge in [-0.3, -0.25) is 19.2 Å². The van der Waals surface area contributed by atoms with Crippen LogP contribution in [-0.4, -0.2) is 53.5 Å². The molecule has 326 valence electrons. The highest BCUT2D eigenvalue weighted by atomic mass is 19.1. The Morgan fingerprint density at radius 2 is 1.54 bits per heavy atom. The van der Waals surface area contributed by atoms with Gasteiger partial charge in [0, 0.05) is 34.9 Å². The van der Waals surface area contributed by atoms with Crippen LogP contribution in [0.2, 0.25) is 0 Å². The highest BCUT2D eigenvalue weighted by molar-refractivity contribution is 6.00. The molecule has 1 amide bonds. The second-order valence-electron chi connectivity index (χ2n) is 23.0. The molecule has 0 radical (unpaired) electrons. The summed E-state index contributed by atoms with van der Waals surface area (Å²) in [5.74, 6) is -0.748. The molecular formula is C50H73FN2O6. The number of carboxylic acids is 1. The number of carbonyl (C=O) groups excluding carboxylic acids is 3. The maximum absolute atomic E-state index is 14.2. The third-order valence-electron chi connectivity index (χ3n) is 18.5. The molecule has 1 aromatic rings. The van der Waals surface area contributed by atoms with Gasteiger partial charge in [-0.2, -0.15) is 0 Å². The van der Waals surface area contributed by atoms with Crippen LogP contribution in [0.3, 0.4) is 0 Å². The second kappa shape index (κ2) is 14.8. The van der Waals surface area contributed by atoms with E-state index in [4.69, 9.17) is 4.74 Å². The van der Waals surface area contributed by atoms with Gasteiger partial charge in [0.1, 0.15) is 11.9 Å². The fourth-order valence-corrected chi connectivity index (χ4v) is 15.0. The van der Waals surface area contributed by atoms with E-state index >= 15 is 0 Å². The van der Waals surface area contributed by atoms with Gasteiger partial charge >= 0.3 is 11.9 Å². The van der Waals surface area contributed by atoms with Crippen molar-refractivity contribution in [1.29, 1.82) is 0 Å². The van der Waals surface area contributed by atoms with Crippen LogP contribution in [0.15, 0.2) is 35.4 Å². The Morgan fingerprint density at radius 3 is 2.17 bits per heavy atom. The first-order valence-corrected chi connectivity index (χ1v) is 22.8. The molecule has 0 aliphatic heterocycles. The van der Waals surface area contributed by atoms with Gasteiger partial charge in [0.25, 0.3) is 5.91 Å². The Bertz CT molecular complexity index is 1900. The standard InChI is InChI=1S/C50H73FN2O6/c1-29(2)39-35(54)27-50(24-25-52-28-44(3,4)53-41(55)30-12-14-31(51)15-13-30)23-22-48(10)32(40(39)50)16-17-37-47(9)20-19-38(46(7,8)36(47)18-21-49(37,48)11)59-43(58)34-26-33(42(56)57)45(34,5)6/h12-15,29,32-34,36-38,52H,16-28H2,1-11H3,(H,53,55)(H,56,57)/t32-,33+,34-,36+,37-,38+,47+,48-,49-,50-/m1/s1. The summed E-state index contributed by atoms with van der Waals surface area (Å²) < 4.78 is 19.9. The van der Waals surface area contributed by atoms with Gasteiger partial charge in [-0.05, 0) is 160 Å². The Labute approximate surface area is 353 Å². The molecule has 3 N–H and O–H groups in total. The van der Waals surface area contributed by atoms with E-state index in [1.807, 2.05) is 27.7 Å². The van der Waals surface area contributed by atoms with Crippen LogP contribution in [0.25, 0.3) is 0 Å². The molecule has 6 aliphatic carbocycles. The van der Waals surface area contributed by atoms with Crippen LogP contribution in [0.5, 0.6) is 0 Å². The predicted octanol–water partition coefficient (Wildman–Crippen LogP) is 9.95. The van der Waals surface area contributed by atoms with Crippen molar-refractivity contribution in [3.05, 3.63) is 46.8 Å². The first-order chi connectivity index (χ1) is 27.3. The molecule has 0 heterocycles. The lowest BCUT2D eigenvalue weighted by Gasteiger charge is -2.72. The smallest absolute Gasteiger partial charge is 0.309 e. The lowest BCUT2D eigenvalue weighted by atomic mass is 9.33. The number of carboxylic acid groups (broad SMARTS) is 1. The van der Waals surface area contributed by atoms with Gasteiger partial charge in [0.15, 0.2) is 5.78 Å². The third kappa shape index (κ3) is 6.94. The van der Waals surface area contributed by atoms with Gasteiger partial charge in [-0.25, -0.2) is 4.39 Å². The first kappa shape index (κ1) is 44.0. The van der Waals surface area contributed by atoms with Gasteiger partial charge in [-0.1, -0.05) is 67.9 Å². The van der Waals surface area contributed by atoms with Crippen LogP contribution in [0, 0.1) is 73.8 Å². The average Bonchev–Trinajstić information content (AvgIpc) is 3.43. The monoisotopic (exact) mass is 817 g/mol. The molecule has 8 nitrogen and oxygen atoms in total. The highest BCUT2D eigenvalue weighted by Gasteiger charge is 2.70. The van der Waals surface area contributed by atoms with Crippen LogP contribution in [0.4, 0.5) is 4.39 Å². The Hall–Kier alpha value is -3.07. The molecule has 0 saturated heterocycles. The van der Waals surface area contributed by atoms with Crippen molar-refractivity contribution in [2.45, 2.75) is 158 Å². The molecule has 7 rings (SSSR count). The van der Waals surface area contributed by atoms with Gasteiger partial charge < -0.3 is 20.5 Å². The first-order valence-electron chi connectivity index (χ1n) is 22.8. The molecular weight excluding hydrogens is 744 g/mol. The summed E-state index contributed by atoms with van der Waals surface area (Å²) in [6.07, 6.45) is 10.0. The maximum atomic E-state index is 14.2. The van der Waals surface area contributed by atoms with Gasteiger partial charge in [0.05, 0.1) is 11.8 Å². The largest absolute Gasteiger partial charge is 0.481 e. The minimum absolute atomic E-state index is 0.0531. The number of carbonyl (C=O) groups is 4. The molecule has 0 spiro atoms. The number of hydrogen-bond acceptors (Lipinski definition) is 6. The maximum Gasteiger partial charge on any atom is 0.309 e. The SMILES string of the molecule is CC(C)C1=C2[C@H]3CC[C@@H]4[C@@]5(C)CC[C@H](OC(=O)[C@H]6C[C@@H](C(=O)O)C6(C)C)C(C)(C)[C@@H]5CC[C@@]4(C)[C@]3(C)CC[C@@]2(CCNCC(C)(C)NC(=O)c2ccc(F)cc2)CC1=O. The van der Waals surface area contributed by atoms with Crippen molar-refractivity contribution in [2.75, 3.05) is 13.1 Å². The normalized spacial score (nSPS) is 38.4. The average molecular weight is 817 g/mol. The third-order valence-corrected chi connectivity index (χ3v) is 18.5. The fraction of sp³-hybridized carbons (Fsp3) is 0.760. The minimum Gasteiger partial charge on any atom is -0.481 e. The molecule has 0 bridgehead atoms. The number of rotatable bonds is 11. The molecule has 0 unspecified atom stereocenters. The van der Waals surface area contributed by atoms with E-state index in [0.717, 1.165) is 69.9 Å². The summed E-state index contributed by atoms with van der Waals surface area (Å²) in [6, 6.07) is 5.61. The zero-order chi connectivity index (χ0) is 43.3. The molecule has 6 aliphatic rings. The van der Waals surface area contributed by atoms with Crippen molar-refractivity contribution in [3.63, 3.8) is 0 Å². The molecule has 1 aromatic carbocycles. The van der Waals surface area contributed by atoms with Crippen LogP contribution >= 0.6 is 0 Å². The van der Waals surface area contributed by atoms with Crippen molar-refractivity contribution >= 4 is 23.6 Å². The van der Waals surface area contributed by atoms with E-state index in [9.17, 15) is 28.7 Å². The molecule has 0 aromatic heterocycles. The van der Waals surface area contributed by atoms with E-state index in [0.29, 0.717) is 48.5 Å². The lowest BCUT2D eigenvalue weighted by Crippen LogP contribution is -2.66. The van der Waals surface area contributed by atoms with E-state index in [1.54, 1.807) is 0 Å². The Morgan fingerprint density at radius 1 is 0.864 bits per heavy atom. The van der Waals surface area contributed by atoms with Crippen LogP contribution in [0.1, 0.15) is 157 Å². The second-order valence-corrected chi connectivity index (χ2v) is 23.0. The number of Topliss-reactive ketones (excluding diaryl/α,β-unsaturated/α-hetero) is 1. The zero-order valence-electron chi connectivity index (χ0n) is 37.9. The van der Waals surface area contributed by atoms with E-state index in [2.05, 4.69) is 59.1 Å². The number of ketones is 1. The number of amides is 1. The molecule has 5 fully saturated rings. The number of hydrogen-bond donors (Lipinski definition) is 3. The summed E-state index contributed by atoms with van der Waals surface area (Å²) in [5, 5.41) is 16.4. The van der Waals surface area contributed by atoms with E-state index < -0.39 is 22.8 Å². The number of esters is 1. The van der Waals surface area contributed by atoms with Crippen molar-refractivity contribution in [3.8, 4) is 0 Å². The molecule has 59 heavy (non-hydrogen) atoms. The molecule has 10 atom stereocenters. The van der Waals surface area contributed by atoms with Gasteiger partial charge in [0.2, 0.25) is 0 Å². The number of halogens is 1. The zero-order valence-corrected chi connectivity index (χ0v) is 37.9. The number of fused-ring (bicyclic) bond motifs is 7. The molecule has 5 saturated carbocycles. The number of benzene rings is 1. The summed E-state index contributed by atoms with van der Waals surface area (Å²) in [6.45, 7) is 25.9. The molecule has 9 heteroatoms. The summed E-state index contributed by atoms with van der Waals surface area (Å²) in [5.41, 5.74) is 1.75. The fourth-order valence-electron chi connectivity index (χ4n) is 15.0. The Balaban J connectivity index is 1.06. The summed E-state index contributed by atoms with van der Waals surface area (Å²) in [4.78, 5) is 52.5. The van der Waals surface area contributed by atoms with Crippen molar-refractivity contribution in [2.24, 2.45) is 68.0 Å². The summed E-state index contributed by atoms with van der Waals surface area (Å²) in [7, 11) is 0. The van der Waals surface area contributed by atoms with Crippen LogP contribution in [-0.2, 0) is 19.1 Å². The quantitative estimate of drug-likeness (QED) is 0.150. The number of aliphatic carboxylic acids is 1. The number of ether oxygens (including phenoxy) is 1. The van der Waals surface area contributed by atoms with E-state index in [1.165, 1.54) is 29.8 Å². The topological polar surface area (TPSA) is 122 Å². The summed E-state index contributed by atoms with van der Waals surface area (Å²) >= 11 is 0.